The van der Waals surface area contributed by atoms with E-state index in [1.165, 1.54) is 69.7 Å². The summed E-state index contributed by atoms with van der Waals surface area (Å²) in [7, 11) is 4.54. The fourth-order valence-corrected chi connectivity index (χ4v) is 2.90. The highest BCUT2D eigenvalue weighted by atomic mass is 15.4. The van der Waals surface area contributed by atoms with Crippen molar-refractivity contribution in [2.45, 2.75) is 20.3 Å². The molecule has 0 N–H and O–H groups in total. The molecule has 0 bridgehead atoms. The van der Waals surface area contributed by atoms with Crippen LogP contribution in [0.4, 0.5) is 0 Å². The first kappa shape index (κ1) is 13.9. The highest BCUT2D eigenvalue weighted by Gasteiger charge is 2.32. The fourth-order valence-electron chi connectivity index (χ4n) is 2.90. The van der Waals surface area contributed by atoms with E-state index in [0.29, 0.717) is 0 Å². The molecule has 0 aliphatic carbocycles. The summed E-state index contributed by atoms with van der Waals surface area (Å²) in [4.78, 5) is 5.00. The Kier molecular flexibility index (Phi) is 5.22. The third-order valence-electron chi connectivity index (χ3n) is 4.29. The summed E-state index contributed by atoms with van der Waals surface area (Å²) >= 11 is 0. The van der Waals surface area contributed by atoms with Gasteiger partial charge in [0.15, 0.2) is 0 Å². The van der Waals surface area contributed by atoms with E-state index in [1.54, 1.807) is 0 Å². The fraction of sp³-hybridized carbons (Fsp3) is 1.00. The Balaban J connectivity index is 0.00000128. The van der Waals surface area contributed by atoms with Crippen LogP contribution in [0.5, 0.6) is 0 Å². The second-order valence-electron chi connectivity index (χ2n) is 5.55. The third-order valence-corrected chi connectivity index (χ3v) is 4.29. The molecule has 1 spiro atoms. The van der Waals surface area contributed by atoms with Gasteiger partial charge in [0.2, 0.25) is 0 Å². The van der Waals surface area contributed by atoms with E-state index >= 15 is 0 Å². The van der Waals surface area contributed by atoms with Crippen LogP contribution >= 0.6 is 0 Å². The van der Waals surface area contributed by atoms with Gasteiger partial charge in [-0.05, 0) is 14.1 Å². The molecule has 2 aliphatic rings. The predicted octanol–water partition coefficient (Wildman–Crippen LogP) is 1.11. The van der Waals surface area contributed by atoms with Crippen LogP contribution in [0, 0.1) is 0 Å². The Morgan fingerprint density at radius 3 is 1.56 bits per heavy atom. The molecular weight excluding hydrogens is 198 g/mol. The van der Waals surface area contributed by atoms with Gasteiger partial charge in [-0.2, -0.15) is 0 Å². The second-order valence-corrected chi connectivity index (χ2v) is 5.55. The molecule has 2 aliphatic heterocycles. The predicted molar refractivity (Wildman–Crippen MR) is 70.7 cm³/mol. The molecule has 96 valence electrons. The van der Waals surface area contributed by atoms with Gasteiger partial charge in [0, 0.05) is 39.0 Å². The van der Waals surface area contributed by atoms with Gasteiger partial charge in [-0.3, -0.25) is 9.80 Å². The van der Waals surface area contributed by atoms with E-state index in [9.17, 15) is 0 Å². The Morgan fingerprint density at radius 2 is 1.12 bits per heavy atom. The average molecular weight is 228 g/mol. The highest BCUT2D eigenvalue weighted by molar-refractivity contribution is 4.64. The van der Waals surface area contributed by atoms with E-state index in [1.807, 2.05) is 0 Å². The van der Waals surface area contributed by atoms with Gasteiger partial charge in [-0.25, -0.2) is 0 Å². The smallest absolute Gasteiger partial charge is 0.0916 e. The molecule has 0 aromatic carbocycles. The minimum atomic E-state index is 0. The topological polar surface area (TPSA) is 6.48 Å². The number of hydrogen-bond acceptors (Lipinski definition) is 2. The Labute approximate surface area is 102 Å². The van der Waals surface area contributed by atoms with Crippen molar-refractivity contribution < 1.29 is 4.48 Å². The lowest BCUT2D eigenvalue weighted by atomic mass is 10.3. The standard InChI is InChI=1S/C12H26N3.CH4/c1-13-5-6-14(2)8-12-15(11-7-13)9-3-4-10-15;/h3-12H2,1-2H3;1H4/q+1;. The summed E-state index contributed by atoms with van der Waals surface area (Å²) in [6.07, 6.45) is 2.90. The SMILES string of the molecule is C.CN1CCN(C)CC[N+]2(CCCC2)CC1. The first-order valence-corrected chi connectivity index (χ1v) is 6.42. The zero-order valence-corrected chi connectivity index (χ0v) is 10.4. The zero-order valence-electron chi connectivity index (χ0n) is 10.4. The van der Waals surface area contributed by atoms with E-state index in [4.69, 9.17) is 0 Å². The molecule has 0 aromatic rings. The molecule has 0 aromatic heterocycles. The Bertz CT molecular complexity index is 183. The van der Waals surface area contributed by atoms with Crippen LogP contribution in [0.1, 0.15) is 20.3 Å². The summed E-state index contributed by atoms with van der Waals surface area (Å²) in [6.45, 7) is 10.7. The molecule has 2 fully saturated rings. The Hall–Kier alpha value is -0.120. The van der Waals surface area contributed by atoms with Gasteiger partial charge in [-0.15, -0.1) is 0 Å². The van der Waals surface area contributed by atoms with Crippen molar-refractivity contribution >= 4 is 0 Å². The summed E-state index contributed by atoms with van der Waals surface area (Å²) in [6, 6.07) is 0. The monoisotopic (exact) mass is 228 g/mol. The van der Waals surface area contributed by atoms with Gasteiger partial charge in [-0.1, -0.05) is 7.43 Å². The molecule has 3 heteroatoms. The zero-order chi connectivity index (χ0) is 10.7. The number of rotatable bonds is 0. The summed E-state index contributed by atoms with van der Waals surface area (Å²) < 4.78 is 1.40. The van der Waals surface area contributed by atoms with Crippen molar-refractivity contribution in [3.8, 4) is 0 Å². The van der Waals surface area contributed by atoms with Crippen LogP contribution in [-0.2, 0) is 0 Å². The van der Waals surface area contributed by atoms with Crippen molar-refractivity contribution in [2.75, 3.05) is 66.5 Å². The van der Waals surface area contributed by atoms with Crippen molar-refractivity contribution in [3.63, 3.8) is 0 Å². The maximum absolute atomic E-state index is 2.50. The molecule has 0 radical (unpaired) electrons. The summed E-state index contributed by atoms with van der Waals surface area (Å²) in [5.74, 6) is 0. The molecular formula is C13H30N3+. The molecule has 0 amide bonds. The van der Waals surface area contributed by atoms with Crippen molar-refractivity contribution in [1.29, 1.82) is 0 Å². The lowest BCUT2D eigenvalue weighted by Crippen LogP contribution is -2.51. The third kappa shape index (κ3) is 3.44. The second kappa shape index (κ2) is 5.99. The molecule has 0 saturated carbocycles. The van der Waals surface area contributed by atoms with Gasteiger partial charge >= 0.3 is 0 Å². The maximum Gasteiger partial charge on any atom is 0.0916 e. The lowest BCUT2D eigenvalue weighted by molar-refractivity contribution is -0.915. The summed E-state index contributed by atoms with van der Waals surface area (Å²) in [5, 5.41) is 0. The van der Waals surface area contributed by atoms with Crippen molar-refractivity contribution in [3.05, 3.63) is 0 Å². The van der Waals surface area contributed by atoms with Crippen LogP contribution in [0.15, 0.2) is 0 Å². The lowest BCUT2D eigenvalue weighted by Gasteiger charge is -2.35. The molecule has 3 nitrogen and oxygen atoms in total. The van der Waals surface area contributed by atoms with E-state index < -0.39 is 0 Å². The molecule has 16 heavy (non-hydrogen) atoms. The van der Waals surface area contributed by atoms with Crippen molar-refractivity contribution in [1.82, 2.24) is 9.80 Å². The van der Waals surface area contributed by atoms with Crippen LogP contribution in [0.2, 0.25) is 0 Å². The quantitative estimate of drug-likeness (QED) is 0.573. The van der Waals surface area contributed by atoms with E-state index in [0.717, 1.165) is 0 Å². The van der Waals surface area contributed by atoms with Crippen LogP contribution in [0.3, 0.4) is 0 Å². The largest absolute Gasteiger partial charge is 0.321 e. The number of quaternary nitrogens is 1. The first-order valence-electron chi connectivity index (χ1n) is 6.42. The van der Waals surface area contributed by atoms with Crippen LogP contribution < -0.4 is 0 Å². The van der Waals surface area contributed by atoms with E-state index in [2.05, 4.69) is 23.9 Å². The first-order chi connectivity index (χ1) is 7.20. The molecule has 0 atom stereocenters. The Morgan fingerprint density at radius 1 is 0.688 bits per heavy atom. The number of likely N-dealkylation sites (N-methyl/N-ethyl adjacent to an activating group) is 2. The number of hydrogen-bond donors (Lipinski definition) is 0. The van der Waals surface area contributed by atoms with Gasteiger partial charge < -0.3 is 4.48 Å². The van der Waals surface area contributed by atoms with Gasteiger partial charge in [0.1, 0.15) is 0 Å². The molecule has 0 unspecified atom stereocenters. The van der Waals surface area contributed by atoms with Crippen LogP contribution in [0.25, 0.3) is 0 Å². The highest BCUT2D eigenvalue weighted by Crippen LogP contribution is 2.19. The van der Waals surface area contributed by atoms with Gasteiger partial charge in [0.25, 0.3) is 0 Å². The van der Waals surface area contributed by atoms with Crippen LogP contribution in [-0.4, -0.2) is 80.7 Å². The minimum Gasteiger partial charge on any atom is -0.321 e. The maximum atomic E-state index is 2.50. The number of nitrogens with zero attached hydrogens (tertiary/aromatic N) is 3. The molecule has 2 saturated heterocycles. The normalized spacial score (nSPS) is 28.1. The van der Waals surface area contributed by atoms with Crippen molar-refractivity contribution in [2.24, 2.45) is 0 Å². The molecule has 2 rings (SSSR count). The molecule has 2 heterocycles. The van der Waals surface area contributed by atoms with E-state index in [-0.39, 0.29) is 7.43 Å². The summed E-state index contributed by atoms with van der Waals surface area (Å²) in [5.41, 5.74) is 0. The average Bonchev–Trinajstić information content (AvgIpc) is 2.71. The van der Waals surface area contributed by atoms with Gasteiger partial charge in [0.05, 0.1) is 26.2 Å². The minimum absolute atomic E-state index is 0.